The molecule has 0 saturated carbocycles. The number of carbonyl (C=O) groups excluding carboxylic acids is 2. The second-order valence-electron chi connectivity index (χ2n) is 4.82. The van der Waals surface area contributed by atoms with E-state index in [9.17, 15) is 9.59 Å². The lowest BCUT2D eigenvalue weighted by Gasteiger charge is -2.13. The number of hydrogen-bond donors (Lipinski definition) is 3. The number of hydrogen-bond acceptors (Lipinski definition) is 4. The van der Waals surface area contributed by atoms with E-state index in [0.717, 1.165) is 0 Å². The highest BCUT2D eigenvalue weighted by molar-refractivity contribution is 6.31. The molecule has 0 bridgehead atoms. The number of halogens is 1. The third kappa shape index (κ3) is 5.48. The lowest BCUT2D eigenvalue weighted by Crippen LogP contribution is -2.41. The van der Waals surface area contributed by atoms with Gasteiger partial charge in [0.25, 0.3) is 0 Å². The molecule has 7 heteroatoms. The number of benzene rings is 2. The van der Waals surface area contributed by atoms with Gasteiger partial charge >= 0.3 is 6.03 Å². The van der Waals surface area contributed by atoms with Crippen molar-refractivity contribution >= 4 is 29.2 Å². The topological polar surface area (TPSA) is 79.5 Å². The van der Waals surface area contributed by atoms with Crippen LogP contribution in [0, 0.1) is 0 Å². The molecule has 0 fully saturated rings. The number of anilines is 1. The van der Waals surface area contributed by atoms with Gasteiger partial charge in [0, 0.05) is 11.6 Å². The minimum Gasteiger partial charge on any atom is -0.455 e. The first kappa shape index (κ1) is 17.6. The molecule has 0 unspecified atom stereocenters. The molecule has 2 aromatic rings. The number of urea groups is 1. The quantitative estimate of drug-likeness (QED) is 0.748. The van der Waals surface area contributed by atoms with E-state index in [4.69, 9.17) is 16.3 Å². The van der Waals surface area contributed by atoms with Crippen molar-refractivity contribution in [1.82, 2.24) is 10.6 Å². The maximum absolute atomic E-state index is 11.7. The van der Waals surface area contributed by atoms with Crippen LogP contribution in [0.25, 0.3) is 0 Å². The Kier molecular flexibility index (Phi) is 6.45. The third-order valence-corrected chi connectivity index (χ3v) is 3.18. The van der Waals surface area contributed by atoms with Crippen molar-refractivity contribution in [2.24, 2.45) is 0 Å². The van der Waals surface area contributed by atoms with Crippen LogP contribution in [0.15, 0.2) is 48.5 Å². The average Bonchev–Trinajstić information content (AvgIpc) is 2.56. The average molecular weight is 348 g/mol. The number of amides is 3. The molecule has 0 spiro atoms. The summed E-state index contributed by atoms with van der Waals surface area (Å²) < 4.78 is 5.78. The predicted octanol–water partition coefficient (Wildman–Crippen LogP) is 3.39. The first-order chi connectivity index (χ1) is 11.6. The van der Waals surface area contributed by atoms with Gasteiger partial charge in [0.15, 0.2) is 5.75 Å². The Labute approximate surface area is 145 Å². The maximum Gasteiger partial charge on any atom is 0.321 e. The molecule has 24 heavy (non-hydrogen) atoms. The molecule has 6 nitrogen and oxygen atoms in total. The lowest BCUT2D eigenvalue weighted by molar-refractivity contribution is -0.118. The van der Waals surface area contributed by atoms with E-state index >= 15 is 0 Å². The van der Waals surface area contributed by atoms with E-state index in [-0.39, 0.29) is 6.54 Å². The van der Waals surface area contributed by atoms with E-state index in [1.807, 2.05) is 30.3 Å². The van der Waals surface area contributed by atoms with Gasteiger partial charge in [-0.05, 0) is 37.3 Å². The summed E-state index contributed by atoms with van der Waals surface area (Å²) in [5.41, 5.74) is 0.553. The zero-order chi connectivity index (χ0) is 17.4. The van der Waals surface area contributed by atoms with Crippen LogP contribution in [0.3, 0.4) is 0 Å². The van der Waals surface area contributed by atoms with Gasteiger partial charge in [-0.15, -0.1) is 0 Å². The van der Waals surface area contributed by atoms with Crippen LogP contribution in [-0.4, -0.2) is 25.0 Å². The Morgan fingerprint density at radius 3 is 2.58 bits per heavy atom. The molecule has 3 amide bonds. The van der Waals surface area contributed by atoms with E-state index in [1.165, 1.54) is 0 Å². The summed E-state index contributed by atoms with van der Waals surface area (Å²) in [7, 11) is 0. The first-order valence-electron chi connectivity index (χ1n) is 7.42. The van der Waals surface area contributed by atoms with Gasteiger partial charge in [-0.2, -0.15) is 0 Å². The fourth-order valence-electron chi connectivity index (χ4n) is 1.90. The Bertz CT molecular complexity index is 707. The fraction of sp³-hybridized carbons (Fsp3) is 0.176. The number of para-hydroxylation sites is 1. The number of carbonyl (C=O) groups is 2. The van der Waals surface area contributed by atoms with Crippen molar-refractivity contribution in [3.05, 3.63) is 53.6 Å². The van der Waals surface area contributed by atoms with Crippen LogP contribution in [0.1, 0.15) is 6.92 Å². The summed E-state index contributed by atoms with van der Waals surface area (Å²) in [6.45, 7) is 2.11. The van der Waals surface area contributed by atoms with E-state index in [0.29, 0.717) is 28.8 Å². The van der Waals surface area contributed by atoms with E-state index < -0.39 is 11.9 Å². The lowest BCUT2D eigenvalue weighted by atomic mass is 10.2. The second-order valence-corrected chi connectivity index (χ2v) is 5.25. The smallest absolute Gasteiger partial charge is 0.321 e. The molecular formula is C17H18ClN3O3. The molecule has 2 rings (SSSR count). The van der Waals surface area contributed by atoms with Crippen LogP contribution < -0.4 is 20.7 Å². The molecule has 0 saturated heterocycles. The minimum atomic E-state index is -0.531. The van der Waals surface area contributed by atoms with Gasteiger partial charge in [0.1, 0.15) is 5.75 Å². The minimum absolute atomic E-state index is 0.0946. The van der Waals surface area contributed by atoms with E-state index in [1.54, 1.807) is 25.1 Å². The SMILES string of the molecule is CCNC(=O)NC(=O)CNc1cc(Cl)ccc1Oc1ccccc1. The van der Waals surface area contributed by atoms with Gasteiger partial charge in [-0.25, -0.2) is 4.79 Å². The predicted molar refractivity (Wildman–Crippen MR) is 93.7 cm³/mol. The van der Waals surface area contributed by atoms with Gasteiger partial charge in [-0.1, -0.05) is 29.8 Å². The molecule has 0 aromatic heterocycles. The van der Waals surface area contributed by atoms with Crippen molar-refractivity contribution < 1.29 is 14.3 Å². The molecular weight excluding hydrogens is 330 g/mol. The largest absolute Gasteiger partial charge is 0.455 e. The third-order valence-electron chi connectivity index (χ3n) is 2.94. The van der Waals surface area contributed by atoms with Gasteiger partial charge in [0.05, 0.1) is 12.2 Å². The molecule has 0 radical (unpaired) electrons. The maximum atomic E-state index is 11.7. The highest BCUT2D eigenvalue weighted by Crippen LogP contribution is 2.31. The Morgan fingerprint density at radius 1 is 1.12 bits per heavy atom. The van der Waals surface area contributed by atoms with Crippen LogP contribution >= 0.6 is 11.6 Å². The second kappa shape index (κ2) is 8.79. The van der Waals surface area contributed by atoms with Crippen LogP contribution in [-0.2, 0) is 4.79 Å². The molecule has 3 N–H and O–H groups in total. The fourth-order valence-corrected chi connectivity index (χ4v) is 2.07. The standard InChI is InChI=1S/C17H18ClN3O3/c1-2-19-17(23)21-16(22)11-20-14-10-12(18)8-9-15(14)24-13-6-4-3-5-7-13/h3-10,20H,2,11H2,1H3,(H2,19,21,22,23). The molecule has 126 valence electrons. The molecule has 0 aliphatic carbocycles. The number of rotatable bonds is 6. The van der Waals surface area contributed by atoms with Gasteiger partial charge in [0.2, 0.25) is 5.91 Å². The number of imide groups is 1. The van der Waals surface area contributed by atoms with Gasteiger partial charge in [-0.3, -0.25) is 10.1 Å². The van der Waals surface area contributed by atoms with Crippen LogP contribution in [0.4, 0.5) is 10.5 Å². The molecule has 0 aliphatic rings. The summed E-state index contributed by atoms with van der Waals surface area (Å²) in [6.07, 6.45) is 0. The van der Waals surface area contributed by atoms with Crippen molar-refractivity contribution in [3.63, 3.8) is 0 Å². The first-order valence-corrected chi connectivity index (χ1v) is 7.80. The number of ether oxygens (including phenoxy) is 1. The molecule has 2 aromatic carbocycles. The molecule has 0 atom stereocenters. The zero-order valence-corrected chi connectivity index (χ0v) is 13.9. The van der Waals surface area contributed by atoms with Crippen molar-refractivity contribution in [1.29, 1.82) is 0 Å². The highest BCUT2D eigenvalue weighted by atomic mass is 35.5. The highest BCUT2D eigenvalue weighted by Gasteiger charge is 2.10. The summed E-state index contributed by atoms with van der Waals surface area (Å²) in [5.74, 6) is 0.720. The van der Waals surface area contributed by atoms with E-state index in [2.05, 4.69) is 16.0 Å². The van der Waals surface area contributed by atoms with Crippen LogP contribution in [0.5, 0.6) is 11.5 Å². The number of nitrogens with one attached hydrogen (secondary N) is 3. The Balaban J connectivity index is 2.02. The van der Waals surface area contributed by atoms with Gasteiger partial charge < -0.3 is 15.4 Å². The monoisotopic (exact) mass is 347 g/mol. The van der Waals surface area contributed by atoms with Crippen molar-refractivity contribution in [2.45, 2.75) is 6.92 Å². The summed E-state index contributed by atoms with van der Waals surface area (Å²) in [4.78, 5) is 23.1. The summed E-state index contributed by atoms with van der Waals surface area (Å²) in [5, 5.41) is 8.11. The normalized spacial score (nSPS) is 9.92. The molecule has 0 heterocycles. The van der Waals surface area contributed by atoms with Crippen molar-refractivity contribution in [2.75, 3.05) is 18.4 Å². The molecule has 0 aliphatic heterocycles. The summed E-state index contributed by atoms with van der Waals surface area (Å²) >= 11 is 6.00. The zero-order valence-electron chi connectivity index (χ0n) is 13.1. The Hall–Kier alpha value is -2.73. The van der Waals surface area contributed by atoms with Crippen LogP contribution in [0.2, 0.25) is 5.02 Å². The Morgan fingerprint density at radius 2 is 1.88 bits per heavy atom. The summed E-state index contributed by atoms with van der Waals surface area (Å²) in [6, 6.07) is 13.8. The van der Waals surface area contributed by atoms with Crippen molar-refractivity contribution in [3.8, 4) is 11.5 Å².